The van der Waals surface area contributed by atoms with E-state index >= 15 is 0 Å². The fourth-order valence-electron chi connectivity index (χ4n) is 3.33. The maximum Gasteiger partial charge on any atom is 0.344 e. The molecule has 0 fully saturated rings. The zero-order chi connectivity index (χ0) is 21.3. The number of ether oxygens (including phenoxy) is 1. The number of carbonyl (C=O) groups is 1. The third kappa shape index (κ3) is 3.90. The van der Waals surface area contributed by atoms with Gasteiger partial charge in [0.2, 0.25) is 5.43 Å². The maximum atomic E-state index is 13.5. The van der Waals surface area contributed by atoms with Crippen molar-refractivity contribution >= 4 is 40.8 Å². The standard InChI is InChI=1S/C21H17Cl3N2O3/c1-4-26-11(2)16(12-5-7-14(22)8-6-12)19(27)17(21(28)29-3)18(26)13-9-15(23)20(24)25-10-13/h5-10H,4H2,1-3H3. The summed E-state index contributed by atoms with van der Waals surface area (Å²) in [7, 11) is 1.23. The Labute approximate surface area is 182 Å². The zero-order valence-corrected chi connectivity index (χ0v) is 18.2. The third-order valence-electron chi connectivity index (χ3n) is 4.64. The highest BCUT2D eigenvalue weighted by atomic mass is 35.5. The lowest BCUT2D eigenvalue weighted by Crippen LogP contribution is -2.26. The van der Waals surface area contributed by atoms with E-state index in [4.69, 9.17) is 39.5 Å². The first-order chi connectivity index (χ1) is 13.8. The second kappa shape index (κ2) is 8.57. The largest absolute Gasteiger partial charge is 0.465 e. The molecule has 0 N–H and O–H groups in total. The highest BCUT2D eigenvalue weighted by molar-refractivity contribution is 6.41. The summed E-state index contributed by atoms with van der Waals surface area (Å²) in [5.74, 6) is -0.742. The quantitative estimate of drug-likeness (QED) is 0.380. The van der Waals surface area contributed by atoms with Crippen LogP contribution in [0.15, 0.2) is 41.3 Å². The van der Waals surface area contributed by atoms with Gasteiger partial charge in [0, 0.05) is 34.6 Å². The number of benzene rings is 1. The Morgan fingerprint density at radius 2 is 1.79 bits per heavy atom. The molecule has 8 heteroatoms. The lowest BCUT2D eigenvalue weighted by atomic mass is 9.96. The first kappa shape index (κ1) is 21.4. The van der Waals surface area contributed by atoms with Crippen molar-refractivity contribution < 1.29 is 9.53 Å². The van der Waals surface area contributed by atoms with Gasteiger partial charge in [-0.2, -0.15) is 0 Å². The van der Waals surface area contributed by atoms with Gasteiger partial charge in [0.05, 0.1) is 17.8 Å². The number of nitrogens with zero attached hydrogens (tertiary/aromatic N) is 2. The minimum Gasteiger partial charge on any atom is -0.465 e. The summed E-state index contributed by atoms with van der Waals surface area (Å²) in [5.41, 5.74) is 2.08. The first-order valence-corrected chi connectivity index (χ1v) is 9.86. The van der Waals surface area contributed by atoms with Gasteiger partial charge in [0.25, 0.3) is 0 Å². The van der Waals surface area contributed by atoms with Gasteiger partial charge in [0.15, 0.2) is 0 Å². The normalized spacial score (nSPS) is 10.8. The number of esters is 1. The van der Waals surface area contributed by atoms with Crippen molar-refractivity contribution in [3.8, 4) is 22.4 Å². The van der Waals surface area contributed by atoms with Gasteiger partial charge >= 0.3 is 5.97 Å². The second-order valence-corrected chi connectivity index (χ2v) is 7.45. The molecular weight excluding hydrogens is 435 g/mol. The van der Waals surface area contributed by atoms with E-state index in [1.807, 2.05) is 18.4 Å². The number of pyridine rings is 2. The van der Waals surface area contributed by atoms with Crippen LogP contribution in [0.1, 0.15) is 23.0 Å². The molecule has 0 aliphatic heterocycles. The second-order valence-electron chi connectivity index (χ2n) is 6.25. The summed E-state index contributed by atoms with van der Waals surface area (Å²) in [5, 5.41) is 0.901. The Morgan fingerprint density at radius 3 is 2.34 bits per heavy atom. The number of hydrogen-bond acceptors (Lipinski definition) is 4. The topological polar surface area (TPSA) is 61.2 Å². The van der Waals surface area contributed by atoms with Crippen LogP contribution in [-0.2, 0) is 11.3 Å². The Morgan fingerprint density at radius 1 is 1.14 bits per heavy atom. The summed E-state index contributed by atoms with van der Waals surface area (Å²) in [6, 6.07) is 8.45. The van der Waals surface area contributed by atoms with E-state index in [9.17, 15) is 9.59 Å². The Balaban J connectivity index is 2.45. The van der Waals surface area contributed by atoms with E-state index in [0.29, 0.717) is 39.6 Å². The molecule has 150 valence electrons. The molecule has 0 spiro atoms. The fraction of sp³-hybridized carbons (Fsp3) is 0.190. The van der Waals surface area contributed by atoms with E-state index < -0.39 is 11.4 Å². The minimum atomic E-state index is -0.742. The van der Waals surface area contributed by atoms with Crippen LogP contribution in [0.5, 0.6) is 0 Å². The van der Waals surface area contributed by atoms with Gasteiger partial charge in [-0.25, -0.2) is 9.78 Å². The highest BCUT2D eigenvalue weighted by Crippen LogP contribution is 2.32. The monoisotopic (exact) mass is 450 g/mol. The van der Waals surface area contributed by atoms with Gasteiger partial charge in [-0.1, -0.05) is 46.9 Å². The molecule has 0 saturated carbocycles. The third-order valence-corrected chi connectivity index (χ3v) is 5.57. The fourth-order valence-corrected chi connectivity index (χ4v) is 3.72. The average Bonchev–Trinajstić information content (AvgIpc) is 2.70. The molecule has 29 heavy (non-hydrogen) atoms. The molecule has 2 heterocycles. The van der Waals surface area contributed by atoms with Gasteiger partial charge in [-0.15, -0.1) is 0 Å². The number of aromatic nitrogens is 2. The molecule has 2 aromatic heterocycles. The average molecular weight is 452 g/mol. The van der Waals surface area contributed by atoms with Crippen molar-refractivity contribution in [1.82, 2.24) is 9.55 Å². The molecule has 5 nitrogen and oxygen atoms in total. The Kier molecular flexibility index (Phi) is 6.32. The van der Waals surface area contributed by atoms with Crippen molar-refractivity contribution in [3.63, 3.8) is 0 Å². The van der Waals surface area contributed by atoms with Crippen molar-refractivity contribution in [2.24, 2.45) is 0 Å². The van der Waals surface area contributed by atoms with Crippen LogP contribution in [0.3, 0.4) is 0 Å². The lowest BCUT2D eigenvalue weighted by molar-refractivity contribution is 0.0599. The van der Waals surface area contributed by atoms with Crippen molar-refractivity contribution in [1.29, 1.82) is 0 Å². The molecule has 0 aliphatic carbocycles. The maximum absolute atomic E-state index is 13.5. The van der Waals surface area contributed by atoms with Gasteiger partial charge < -0.3 is 9.30 Å². The number of rotatable bonds is 4. The van der Waals surface area contributed by atoms with Crippen LogP contribution in [0.2, 0.25) is 15.2 Å². The van der Waals surface area contributed by atoms with Gasteiger partial charge in [0.1, 0.15) is 10.7 Å². The molecule has 0 unspecified atom stereocenters. The van der Waals surface area contributed by atoms with Crippen molar-refractivity contribution in [3.05, 3.63) is 73.2 Å². The molecule has 0 amide bonds. The SMILES string of the molecule is CCn1c(C)c(-c2ccc(Cl)cc2)c(=O)c(C(=O)OC)c1-c1cnc(Cl)c(Cl)c1. The number of halogens is 3. The molecule has 3 rings (SSSR count). The minimum absolute atomic E-state index is 0.0925. The first-order valence-electron chi connectivity index (χ1n) is 8.73. The van der Waals surface area contributed by atoms with E-state index in [1.165, 1.54) is 13.3 Å². The molecule has 0 radical (unpaired) electrons. The lowest BCUT2D eigenvalue weighted by Gasteiger charge is -2.21. The van der Waals surface area contributed by atoms with E-state index in [1.54, 1.807) is 30.3 Å². The van der Waals surface area contributed by atoms with E-state index in [2.05, 4.69) is 4.98 Å². The molecule has 3 aromatic rings. The summed E-state index contributed by atoms with van der Waals surface area (Å²) in [4.78, 5) is 30.2. The van der Waals surface area contributed by atoms with Crippen LogP contribution in [-0.4, -0.2) is 22.6 Å². The molecule has 0 atom stereocenters. The molecule has 1 aromatic carbocycles. The highest BCUT2D eigenvalue weighted by Gasteiger charge is 2.26. The summed E-state index contributed by atoms with van der Waals surface area (Å²) < 4.78 is 6.79. The summed E-state index contributed by atoms with van der Waals surface area (Å²) in [6.07, 6.45) is 1.48. The Bertz CT molecular complexity index is 1160. The summed E-state index contributed by atoms with van der Waals surface area (Å²) in [6.45, 7) is 4.23. The van der Waals surface area contributed by atoms with Crippen LogP contribution in [0, 0.1) is 6.92 Å². The number of methoxy groups -OCH3 is 1. The van der Waals surface area contributed by atoms with Crippen LogP contribution in [0.25, 0.3) is 22.4 Å². The van der Waals surface area contributed by atoms with Crippen LogP contribution < -0.4 is 5.43 Å². The molecular formula is C21H17Cl3N2O3. The predicted octanol–water partition coefficient (Wildman–Crippen LogP) is 5.65. The molecule has 0 saturated heterocycles. The summed E-state index contributed by atoms with van der Waals surface area (Å²) >= 11 is 18.1. The molecule has 0 bridgehead atoms. The van der Waals surface area contributed by atoms with E-state index in [-0.39, 0.29) is 15.7 Å². The predicted molar refractivity (Wildman–Crippen MR) is 116 cm³/mol. The van der Waals surface area contributed by atoms with Crippen LogP contribution >= 0.6 is 34.8 Å². The number of carbonyl (C=O) groups excluding carboxylic acids is 1. The zero-order valence-electron chi connectivity index (χ0n) is 15.9. The van der Waals surface area contributed by atoms with Gasteiger partial charge in [-0.3, -0.25) is 4.79 Å². The van der Waals surface area contributed by atoms with E-state index in [0.717, 1.165) is 0 Å². The van der Waals surface area contributed by atoms with Crippen molar-refractivity contribution in [2.75, 3.05) is 7.11 Å². The van der Waals surface area contributed by atoms with Crippen LogP contribution in [0.4, 0.5) is 0 Å². The Hall–Kier alpha value is -2.34. The number of hydrogen-bond donors (Lipinski definition) is 0. The van der Waals surface area contributed by atoms with Gasteiger partial charge in [-0.05, 0) is 37.6 Å². The smallest absolute Gasteiger partial charge is 0.344 e. The van der Waals surface area contributed by atoms with Crippen molar-refractivity contribution in [2.45, 2.75) is 20.4 Å². The molecule has 0 aliphatic rings.